The zero-order valence-corrected chi connectivity index (χ0v) is 12.6. The van der Waals surface area contributed by atoms with Crippen LogP contribution in [0.3, 0.4) is 0 Å². The van der Waals surface area contributed by atoms with Crippen molar-refractivity contribution in [3.8, 4) is 5.75 Å². The molecular formula is C17H24O3. The lowest BCUT2D eigenvalue weighted by atomic mass is 9.80. The second-order valence-electron chi connectivity index (χ2n) is 5.87. The van der Waals surface area contributed by atoms with Gasteiger partial charge in [-0.1, -0.05) is 25.3 Å². The Hall–Kier alpha value is -1.51. The molecule has 3 nitrogen and oxygen atoms in total. The molecule has 1 aromatic rings. The third-order valence-corrected chi connectivity index (χ3v) is 4.52. The van der Waals surface area contributed by atoms with Gasteiger partial charge in [-0.3, -0.25) is 4.79 Å². The molecule has 0 bridgehead atoms. The zero-order chi connectivity index (χ0) is 14.7. The Bertz CT molecular complexity index is 493. The molecule has 2 atom stereocenters. The molecule has 1 aliphatic rings. The lowest BCUT2D eigenvalue weighted by Gasteiger charge is -2.24. The van der Waals surface area contributed by atoms with E-state index in [4.69, 9.17) is 4.74 Å². The molecule has 0 spiro atoms. The number of hydrogen-bond donors (Lipinski definition) is 1. The highest BCUT2D eigenvalue weighted by atomic mass is 16.5. The van der Waals surface area contributed by atoms with Crippen LogP contribution < -0.4 is 4.74 Å². The average Bonchev–Trinajstić information content (AvgIpc) is 2.66. The van der Waals surface area contributed by atoms with Crippen LogP contribution in [0.1, 0.15) is 54.7 Å². The maximum absolute atomic E-state index is 11.6. The highest BCUT2D eigenvalue weighted by Crippen LogP contribution is 2.39. The van der Waals surface area contributed by atoms with E-state index < -0.39 is 5.97 Å². The summed E-state index contributed by atoms with van der Waals surface area (Å²) in [5.74, 6) is 0.125. The summed E-state index contributed by atoms with van der Waals surface area (Å²) in [6.07, 6.45) is 5.07. The summed E-state index contributed by atoms with van der Waals surface area (Å²) in [6, 6.07) is 4.16. The molecule has 2 rings (SSSR count). The number of rotatable bonds is 3. The molecule has 110 valence electrons. The molecule has 0 aliphatic heterocycles. The highest BCUT2D eigenvalue weighted by molar-refractivity contribution is 5.71. The molecule has 0 saturated heterocycles. The van der Waals surface area contributed by atoms with E-state index in [-0.39, 0.29) is 11.8 Å². The predicted octanol–water partition coefficient (Wildman–Crippen LogP) is 4.06. The minimum absolute atomic E-state index is 0.139. The average molecular weight is 276 g/mol. The molecule has 0 heterocycles. The first kappa shape index (κ1) is 14.9. The maximum atomic E-state index is 11.6. The summed E-state index contributed by atoms with van der Waals surface area (Å²) in [5.41, 5.74) is 3.42. The van der Waals surface area contributed by atoms with Gasteiger partial charge < -0.3 is 9.84 Å². The van der Waals surface area contributed by atoms with Crippen molar-refractivity contribution >= 4 is 5.97 Å². The van der Waals surface area contributed by atoms with Crippen LogP contribution in [0.4, 0.5) is 0 Å². The fourth-order valence-corrected chi connectivity index (χ4v) is 3.41. The van der Waals surface area contributed by atoms with Crippen LogP contribution in [0, 0.1) is 19.8 Å². The molecule has 1 saturated carbocycles. The summed E-state index contributed by atoms with van der Waals surface area (Å²) < 4.78 is 5.35. The Balaban J connectivity index is 2.41. The van der Waals surface area contributed by atoms with Gasteiger partial charge in [0.05, 0.1) is 13.0 Å². The second kappa shape index (κ2) is 6.29. The maximum Gasteiger partial charge on any atom is 0.307 e. The van der Waals surface area contributed by atoms with Gasteiger partial charge in [-0.25, -0.2) is 0 Å². The summed E-state index contributed by atoms with van der Waals surface area (Å²) in [5, 5.41) is 9.53. The van der Waals surface area contributed by atoms with Crippen LogP contribution in [-0.4, -0.2) is 18.2 Å². The van der Waals surface area contributed by atoms with Crippen molar-refractivity contribution in [3.05, 3.63) is 28.8 Å². The molecule has 1 fully saturated rings. The first-order valence-corrected chi connectivity index (χ1v) is 7.42. The van der Waals surface area contributed by atoms with E-state index in [1.165, 1.54) is 5.56 Å². The van der Waals surface area contributed by atoms with E-state index >= 15 is 0 Å². The molecule has 1 aromatic carbocycles. The number of aliphatic carboxylic acids is 1. The number of carbonyl (C=O) groups is 1. The Kier molecular flexibility index (Phi) is 4.69. The third kappa shape index (κ3) is 2.97. The fraction of sp³-hybridized carbons (Fsp3) is 0.588. The fourth-order valence-electron chi connectivity index (χ4n) is 3.41. The number of hydrogen-bond acceptors (Lipinski definition) is 2. The Morgan fingerprint density at radius 3 is 2.50 bits per heavy atom. The Morgan fingerprint density at radius 2 is 1.85 bits per heavy atom. The van der Waals surface area contributed by atoms with E-state index in [1.54, 1.807) is 7.11 Å². The van der Waals surface area contributed by atoms with E-state index in [0.29, 0.717) is 0 Å². The van der Waals surface area contributed by atoms with Crippen LogP contribution in [0.5, 0.6) is 5.75 Å². The standard InChI is InChI=1S/C17H24O3/c1-11-10-16(20-3)12(2)9-15(11)13-7-5-4-6-8-14(13)17(18)19/h9-10,13-14H,4-8H2,1-3H3,(H,18,19). The molecule has 0 amide bonds. The third-order valence-electron chi connectivity index (χ3n) is 4.52. The van der Waals surface area contributed by atoms with E-state index in [1.807, 2.05) is 13.0 Å². The van der Waals surface area contributed by atoms with Gasteiger partial charge in [-0.05, 0) is 55.4 Å². The van der Waals surface area contributed by atoms with Gasteiger partial charge >= 0.3 is 5.97 Å². The van der Waals surface area contributed by atoms with Crippen molar-refractivity contribution in [2.24, 2.45) is 5.92 Å². The Morgan fingerprint density at radius 1 is 1.15 bits per heavy atom. The van der Waals surface area contributed by atoms with Gasteiger partial charge in [-0.15, -0.1) is 0 Å². The summed E-state index contributed by atoms with van der Waals surface area (Å²) >= 11 is 0. The normalized spacial score (nSPS) is 23.1. The molecule has 20 heavy (non-hydrogen) atoms. The predicted molar refractivity (Wildman–Crippen MR) is 79.4 cm³/mol. The number of carboxylic acid groups (broad SMARTS) is 1. The number of carboxylic acids is 1. The zero-order valence-electron chi connectivity index (χ0n) is 12.6. The topological polar surface area (TPSA) is 46.5 Å². The van der Waals surface area contributed by atoms with Gasteiger partial charge in [0.25, 0.3) is 0 Å². The smallest absolute Gasteiger partial charge is 0.307 e. The minimum Gasteiger partial charge on any atom is -0.496 e. The first-order chi connectivity index (χ1) is 9.54. The number of methoxy groups -OCH3 is 1. The van der Waals surface area contributed by atoms with Crippen molar-refractivity contribution in [2.75, 3.05) is 7.11 Å². The van der Waals surface area contributed by atoms with Gasteiger partial charge in [0.1, 0.15) is 5.75 Å². The largest absolute Gasteiger partial charge is 0.496 e. The van der Waals surface area contributed by atoms with Crippen molar-refractivity contribution in [2.45, 2.75) is 51.9 Å². The van der Waals surface area contributed by atoms with Gasteiger partial charge in [0, 0.05) is 0 Å². The van der Waals surface area contributed by atoms with Crippen molar-refractivity contribution in [3.63, 3.8) is 0 Å². The molecule has 1 N–H and O–H groups in total. The minimum atomic E-state index is -0.648. The molecule has 0 aromatic heterocycles. The summed E-state index contributed by atoms with van der Waals surface area (Å²) in [7, 11) is 1.67. The van der Waals surface area contributed by atoms with Crippen molar-refractivity contribution in [1.29, 1.82) is 0 Å². The first-order valence-electron chi connectivity index (χ1n) is 7.42. The van der Waals surface area contributed by atoms with Gasteiger partial charge in [-0.2, -0.15) is 0 Å². The SMILES string of the molecule is COc1cc(C)c(C2CCCCCC2C(=O)O)cc1C. The van der Waals surface area contributed by atoms with Gasteiger partial charge in [0.15, 0.2) is 0 Å². The molecular weight excluding hydrogens is 252 g/mol. The quantitative estimate of drug-likeness (QED) is 0.847. The number of ether oxygens (including phenoxy) is 1. The van der Waals surface area contributed by atoms with Gasteiger partial charge in [0.2, 0.25) is 0 Å². The molecule has 2 unspecified atom stereocenters. The van der Waals surface area contributed by atoms with Crippen molar-refractivity contribution in [1.82, 2.24) is 0 Å². The van der Waals surface area contributed by atoms with Crippen LogP contribution in [0.15, 0.2) is 12.1 Å². The van der Waals surface area contributed by atoms with Crippen molar-refractivity contribution < 1.29 is 14.6 Å². The van der Waals surface area contributed by atoms with Crippen LogP contribution in [0.2, 0.25) is 0 Å². The van der Waals surface area contributed by atoms with Crippen LogP contribution in [0.25, 0.3) is 0 Å². The Labute approximate surface area is 121 Å². The lowest BCUT2D eigenvalue weighted by Crippen LogP contribution is -2.22. The molecule has 0 radical (unpaired) electrons. The van der Waals surface area contributed by atoms with E-state index in [2.05, 4.69) is 13.0 Å². The summed E-state index contributed by atoms with van der Waals surface area (Å²) in [6.45, 7) is 4.08. The second-order valence-corrected chi connectivity index (χ2v) is 5.87. The van der Waals surface area contributed by atoms with Crippen LogP contribution in [-0.2, 0) is 4.79 Å². The van der Waals surface area contributed by atoms with E-state index in [9.17, 15) is 9.90 Å². The molecule has 1 aliphatic carbocycles. The highest BCUT2D eigenvalue weighted by Gasteiger charge is 2.31. The van der Waals surface area contributed by atoms with E-state index in [0.717, 1.165) is 49.0 Å². The lowest BCUT2D eigenvalue weighted by molar-refractivity contribution is -0.142. The van der Waals surface area contributed by atoms with Crippen LogP contribution >= 0.6 is 0 Å². The molecule has 3 heteroatoms. The monoisotopic (exact) mass is 276 g/mol. The number of benzene rings is 1. The summed E-state index contributed by atoms with van der Waals surface area (Å²) in [4.78, 5) is 11.6. The number of aryl methyl sites for hydroxylation is 2.